The van der Waals surface area contributed by atoms with Crippen molar-refractivity contribution in [3.05, 3.63) is 0 Å². The van der Waals surface area contributed by atoms with Crippen LogP contribution in [0.4, 0.5) is 0 Å². The van der Waals surface area contributed by atoms with E-state index < -0.39 is 18.6 Å². The molecule has 0 spiro atoms. The predicted octanol–water partition coefficient (Wildman–Crippen LogP) is -0.699. The van der Waals surface area contributed by atoms with E-state index in [1.165, 1.54) is 11.8 Å². The molecule has 5 nitrogen and oxygen atoms in total. The van der Waals surface area contributed by atoms with Crippen molar-refractivity contribution in [2.45, 2.75) is 12.5 Å². The Morgan fingerprint density at radius 3 is 2.54 bits per heavy atom. The van der Waals surface area contributed by atoms with E-state index in [2.05, 4.69) is 5.32 Å². The summed E-state index contributed by atoms with van der Waals surface area (Å²) in [6.07, 6.45) is 2.12. The second-order valence-electron chi connectivity index (χ2n) is 2.38. The Bertz CT molecular complexity index is 185. The van der Waals surface area contributed by atoms with Crippen molar-refractivity contribution in [3.8, 4) is 0 Å². The molecule has 1 amide bonds. The number of nitrogens with one attached hydrogen (secondary N) is 1. The van der Waals surface area contributed by atoms with E-state index in [1.807, 2.05) is 6.26 Å². The maximum Gasteiger partial charge on any atom is 0.328 e. The highest BCUT2D eigenvalue weighted by atomic mass is 32.2. The summed E-state index contributed by atoms with van der Waals surface area (Å²) in [6.45, 7) is -0.583. The van der Waals surface area contributed by atoms with Crippen molar-refractivity contribution in [3.63, 3.8) is 0 Å². The molecule has 0 radical (unpaired) electrons. The SMILES string of the molecule is CSCCC(=O)NC(CO)C(=O)O. The van der Waals surface area contributed by atoms with Gasteiger partial charge in [0, 0.05) is 12.2 Å². The maximum atomic E-state index is 11.0. The number of hydrogen-bond acceptors (Lipinski definition) is 4. The summed E-state index contributed by atoms with van der Waals surface area (Å²) in [4.78, 5) is 21.3. The third kappa shape index (κ3) is 5.48. The Morgan fingerprint density at radius 2 is 2.15 bits per heavy atom. The van der Waals surface area contributed by atoms with Crippen LogP contribution in [0.25, 0.3) is 0 Å². The number of aliphatic hydroxyl groups is 1. The molecule has 0 bridgehead atoms. The van der Waals surface area contributed by atoms with Gasteiger partial charge in [0.25, 0.3) is 0 Å². The third-order valence-corrected chi connectivity index (χ3v) is 1.96. The molecule has 76 valence electrons. The summed E-state index contributed by atoms with van der Waals surface area (Å²) in [5.74, 6) is -0.931. The monoisotopic (exact) mass is 207 g/mol. The van der Waals surface area contributed by atoms with Crippen molar-refractivity contribution in [2.24, 2.45) is 0 Å². The van der Waals surface area contributed by atoms with Gasteiger partial charge in [-0.2, -0.15) is 11.8 Å². The van der Waals surface area contributed by atoms with Gasteiger partial charge in [-0.1, -0.05) is 0 Å². The fraction of sp³-hybridized carbons (Fsp3) is 0.714. The van der Waals surface area contributed by atoms with Crippen LogP contribution in [-0.2, 0) is 9.59 Å². The summed E-state index contributed by atoms with van der Waals surface area (Å²) in [7, 11) is 0. The van der Waals surface area contributed by atoms with Gasteiger partial charge >= 0.3 is 5.97 Å². The third-order valence-electron chi connectivity index (χ3n) is 1.35. The van der Waals surface area contributed by atoms with Crippen LogP contribution >= 0.6 is 11.8 Å². The first-order valence-electron chi connectivity index (χ1n) is 3.73. The Hall–Kier alpha value is -0.750. The number of carbonyl (C=O) groups is 2. The largest absolute Gasteiger partial charge is 0.480 e. The second-order valence-corrected chi connectivity index (χ2v) is 3.37. The summed E-state index contributed by atoms with van der Waals surface area (Å²) in [6, 6.07) is -1.19. The molecule has 0 rings (SSSR count). The number of hydrogen-bond donors (Lipinski definition) is 3. The minimum absolute atomic E-state index is 0.269. The minimum Gasteiger partial charge on any atom is -0.480 e. The Labute approximate surface area is 80.5 Å². The van der Waals surface area contributed by atoms with Crippen LogP contribution in [0.15, 0.2) is 0 Å². The molecule has 3 N–H and O–H groups in total. The Balaban J connectivity index is 3.80. The number of carbonyl (C=O) groups excluding carboxylic acids is 1. The molecule has 0 aromatic heterocycles. The topological polar surface area (TPSA) is 86.6 Å². The molecule has 0 aliphatic carbocycles. The highest BCUT2D eigenvalue weighted by Gasteiger charge is 2.17. The number of aliphatic hydroxyl groups excluding tert-OH is 1. The highest BCUT2D eigenvalue weighted by Crippen LogP contribution is 1.95. The Kier molecular flexibility index (Phi) is 6.34. The van der Waals surface area contributed by atoms with Crippen LogP contribution in [-0.4, -0.2) is 46.7 Å². The van der Waals surface area contributed by atoms with Crippen molar-refractivity contribution >= 4 is 23.6 Å². The van der Waals surface area contributed by atoms with Crippen LogP contribution in [0.5, 0.6) is 0 Å². The predicted molar refractivity (Wildman–Crippen MR) is 49.7 cm³/mol. The first-order valence-corrected chi connectivity index (χ1v) is 5.13. The molecule has 1 atom stereocenters. The zero-order chi connectivity index (χ0) is 10.3. The minimum atomic E-state index is -1.22. The standard InChI is InChI=1S/C7H13NO4S/c1-13-3-2-6(10)8-5(4-9)7(11)12/h5,9H,2-4H2,1H3,(H,8,10)(H,11,12). The van der Waals surface area contributed by atoms with Gasteiger partial charge in [-0.3, -0.25) is 4.79 Å². The molecule has 0 aromatic rings. The maximum absolute atomic E-state index is 11.0. The quantitative estimate of drug-likeness (QED) is 0.536. The lowest BCUT2D eigenvalue weighted by molar-refractivity contribution is -0.142. The van der Waals surface area contributed by atoms with Gasteiger partial charge < -0.3 is 15.5 Å². The van der Waals surface area contributed by atoms with Crippen molar-refractivity contribution in [2.75, 3.05) is 18.6 Å². The van der Waals surface area contributed by atoms with Crippen LogP contribution in [0.1, 0.15) is 6.42 Å². The fourth-order valence-corrected chi connectivity index (χ4v) is 1.04. The number of rotatable bonds is 6. The lowest BCUT2D eigenvalue weighted by atomic mass is 10.3. The fourth-order valence-electron chi connectivity index (χ4n) is 0.647. The number of thioether (sulfide) groups is 1. The molecule has 0 aliphatic heterocycles. The summed E-state index contributed by atoms with van der Waals surface area (Å²) < 4.78 is 0. The molecule has 0 aromatic carbocycles. The molecular weight excluding hydrogens is 194 g/mol. The number of amides is 1. The van der Waals surface area contributed by atoms with E-state index in [0.717, 1.165) is 0 Å². The zero-order valence-electron chi connectivity index (χ0n) is 7.32. The number of carboxylic acids is 1. The smallest absolute Gasteiger partial charge is 0.328 e. The molecule has 0 saturated heterocycles. The Morgan fingerprint density at radius 1 is 1.54 bits per heavy atom. The van der Waals surface area contributed by atoms with E-state index in [-0.39, 0.29) is 12.3 Å². The molecule has 13 heavy (non-hydrogen) atoms. The summed E-state index contributed by atoms with van der Waals surface area (Å²) in [5, 5.41) is 19.2. The summed E-state index contributed by atoms with van der Waals surface area (Å²) >= 11 is 1.50. The van der Waals surface area contributed by atoms with Crippen LogP contribution < -0.4 is 5.32 Å². The molecular formula is C7H13NO4S. The first-order chi connectivity index (χ1) is 6.11. The lowest BCUT2D eigenvalue weighted by Gasteiger charge is -2.10. The van der Waals surface area contributed by atoms with Crippen LogP contribution in [0.2, 0.25) is 0 Å². The molecule has 0 saturated carbocycles. The molecule has 1 unspecified atom stereocenters. The van der Waals surface area contributed by atoms with Gasteiger partial charge in [0.1, 0.15) is 6.04 Å². The molecule has 0 aliphatic rings. The van der Waals surface area contributed by atoms with Crippen molar-refractivity contribution in [1.82, 2.24) is 5.32 Å². The van der Waals surface area contributed by atoms with E-state index in [4.69, 9.17) is 10.2 Å². The first kappa shape index (κ1) is 12.2. The van der Waals surface area contributed by atoms with Gasteiger partial charge in [0.05, 0.1) is 6.61 Å². The van der Waals surface area contributed by atoms with Crippen LogP contribution in [0, 0.1) is 0 Å². The number of aliphatic carboxylic acids is 1. The molecule has 0 heterocycles. The normalized spacial score (nSPS) is 12.2. The van der Waals surface area contributed by atoms with Gasteiger partial charge in [0.15, 0.2) is 0 Å². The lowest BCUT2D eigenvalue weighted by Crippen LogP contribution is -2.43. The van der Waals surface area contributed by atoms with Gasteiger partial charge in [-0.15, -0.1) is 0 Å². The summed E-state index contributed by atoms with van der Waals surface area (Å²) in [5.41, 5.74) is 0. The molecule has 6 heteroatoms. The van der Waals surface area contributed by atoms with Crippen LogP contribution in [0.3, 0.4) is 0 Å². The van der Waals surface area contributed by atoms with E-state index in [9.17, 15) is 9.59 Å². The van der Waals surface area contributed by atoms with Gasteiger partial charge in [-0.05, 0) is 6.26 Å². The average Bonchev–Trinajstić information content (AvgIpc) is 2.10. The average molecular weight is 207 g/mol. The second kappa shape index (κ2) is 6.73. The number of carboxylic acid groups (broad SMARTS) is 1. The zero-order valence-corrected chi connectivity index (χ0v) is 8.13. The van der Waals surface area contributed by atoms with Crippen molar-refractivity contribution in [1.29, 1.82) is 0 Å². The van der Waals surface area contributed by atoms with E-state index >= 15 is 0 Å². The van der Waals surface area contributed by atoms with Gasteiger partial charge in [-0.25, -0.2) is 4.79 Å². The molecule has 0 fully saturated rings. The highest BCUT2D eigenvalue weighted by molar-refractivity contribution is 7.98. The van der Waals surface area contributed by atoms with Crippen molar-refractivity contribution < 1.29 is 19.8 Å². The van der Waals surface area contributed by atoms with E-state index in [1.54, 1.807) is 0 Å². The van der Waals surface area contributed by atoms with E-state index in [0.29, 0.717) is 5.75 Å². The van der Waals surface area contributed by atoms with Gasteiger partial charge in [0.2, 0.25) is 5.91 Å².